The Bertz CT molecular complexity index is 452. The predicted molar refractivity (Wildman–Crippen MR) is 69.3 cm³/mol. The number of amides is 1. The van der Waals surface area contributed by atoms with Crippen LogP contribution < -0.4 is 9.88 Å². The number of hydrogen-bond acceptors (Lipinski definition) is 2. The van der Waals surface area contributed by atoms with E-state index in [0.717, 1.165) is 13.0 Å². The van der Waals surface area contributed by atoms with Crippen molar-refractivity contribution in [3.8, 4) is 0 Å². The molecule has 0 saturated carbocycles. The number of carbonyl (C=O) groups excluding carboxylic acids is 1. The van der Waals surface area contributed by atoms with Crippen molar-refractivity contribution in [1.29, 1.82) is 0 Å². The summed E-state index contributed by atoms with van der Waals surface area (Å²) in [5.41, 5.74) is 0. The second-order valence-electron chi connectivity index (χ2n) is 4.18. The number of carbonyl (C=O) groups is 2. The third kappa shape index (κ3) is 6.40. The molecule has 2 N–H and O–H groups in total. The molecule has 0 bridgehead atoms. The van der Waals surface area contributed by atoms with Crippen molar-refractivity contribution in [2.24, 2.45) is 0 Å². The highest BCUT2D eigenvalue weighted by molar-refractivity contribution is 5.87. The Balaban J connectivity index is 2.23. The summed E-state index contributed by atoms with van der Waals surface area (Å²) in [6.07, 6.45) is 9.76. The van der Waals surface area contributed by atoms with E-state index >= 15 is 0 Å². The number of aromatic nitrogens is 2. The molecule has 1 aromatic heterocycles. The molecule has 6 nitrogen and oxygen atoms in total. The number of aryl methyl sites for hydroxylation is 2. The van der Waals surface area contributed by atoms with Crippen LogP contribution in [0, 0.1) is 0 Å². The lowest BCUT2D eigenvalue weighted by Gasteiger charge is -2.00. The molecule has 0 aliphatic rings. The van der Waals surface area contributed by atoms with Gasteiger partial charge in [-0.3, -0.25) is 9.59 Å². The third-order valence-corrected chi connectivity index (χ3v) is 2.54. The van der Waals surface area contributed by atoms with E-state index in [1.165, 1.54) is 6.08 Å². The number of hydrogen-bond donors (Lipinski definition) is 2. The SMILES string of the molecule is CC=CC(=O)NCCC[n+]1ccn(CCC(=O)O)c1. The first-order valence-electron chi connectivity index (χ1n) is 6.29. The summed E-state index contributed by atoms with van der Waals surface area (Å²) in [6.45, 7) is 3.68. The van der Waals surface area contributed by atoms with Crippen LogP contribution in [0.25, 0.3) is 0 Å². The van der Waals surface area contributed by atoms with Gasteiger partial charge in [-0.2, -0.15) is 0 Å². The first-order valence-corrected chi connectivity index (χ1v) is 6.29. The molecule has 19 heavy (non-hydrogen) atoms. The minimum Gasteiger partial charge on any atom is -0.481 e. The molecule has 0 saturated heterocycles. The third-order valence-electron chi connectivity index (χ3n) is 2.54. The summed E-state index contributed by atoms with van der Waals surface area (Å²) in [5.74, 6) is -0.876. The summed E-state index contributed by atoms with van der Waals surface area (Å²) in [6, 6.07) is 0. The largest absolute Gasteiger partial charge is 0.481 e. The topological polar surface area (TPSA) is 75.2 Å². The van der Waals surface area contributed by atoms with Crippen LogP contribution in [0.3, 0.4) is 0 Å². The van der Waals surface area contributed by atoms with Gasteiger partial charge in [0, 0.05) is 13.0 Å². The van der Waals surface area contributed by atoms with Gasteiger partial charge in [0.1, 0.15) is 18.9 Å². The first-order chi connectivity index (χ1) is 9.11. The zero-order valence-corrected chi connectivity index (χ0v) is 11.1. The standard InChI is InChI=1S/C13H19N3O3/c1-2-4-12(17)14-6-3-7-15-9-10-16(11-15)8-5-13(18)19/h2,4,9-11H,3,5-8H2,1H3,(H-,14,17,18,19)/p+1. The quantitative estimate of drug-likeness (QED) is 0.404. The number of aliphatic carboxylic acids is 1. The van der Waals surface area contributed by atoms with E-state index in [1.54, 1.807) is 13.0 Å². The van der Waals surface area contributed by atoms with E-state index in [9.17, 15) is 9.59 Å². The Labute approximate surface area is 112 Å². The van der Waals surface area contributed by atoms with Crippen molar-refractivity contribution in [2.45, 2.75) is 32.9 Å². The zero-order chi connectivity index (χ0) is 14.1. The van der Waals surface area contributed by atoms with Gasteiger partial charge in [-0.15, -0.1) is 0 Å². The van der Waals surface area contributed by atoms with Gasteiger partial charge < -0.3 is 10.4 Å². The normalized spacial score (nSPS) is 10.8. The predicted octanol–water partition coefficient (Wildman–Crippen LogP) is 0.333. The van der Waals surface area contributed by atoms with Crippen LogP contribution in [0.5, 0.6) is 0 Å². The molecular formula is C13H20N3O3+. The second-order valence-corrected chi connectivity index (χ2v) is 4.18. The second kappa shape index (κ2) is 8.07. The number of nitrogens with one attached hydrogen (secondary N) is 1. The average molecular weight is 266 g/mol. The van der Waals surface area contributed by atoms with Crippen LogP contribution >= 0.6 is 0 Å². The van der Waals surface area contributed by atoms with E-state index in [-0.39, 0.29) is 12.3 Å². The van der Waals surface area contributed by atoms with E-state index < -0.39 is 5.97 Å². The lowest BCUT2D eigenvalue weighted by Crippen LogP contribution is -2.34. The molecule has 104 valence electrons. The van der Waals surface area contributed by atoms with Crippen molar-refractivity contribution in [2.75, 3.05) is 6.54 Å². The van der Waals surface area contributed by atoms with E-state index in [1.807, 2.05) is 27.9 Å². The van der Waals surface area contributed by atoms with Crippen LogP contribution in [-0.4, -0.2) is 28.1 Å². The highest BCUT2D eigenvalue weighted by Crippen LogP contribution is 1.90. The van der Waals surface area contributed by atoms with Gasteiger partial charge in [0.15, 0.2) is 0 Å². The molecule has 1 rings (SSSR count). The van der Waals surface area contributed by atoms with Crippen molar-refractivity contribution in [3.05, 3.63) is 30.9 Å². The van der Waals surface area contributed by atoms with Gasteiger partial charge >= 0.3 is 5.97 Å². The minimum absolute atomic E-state index is 0.0773. The Morgan fingerprint density at radius 1 is 1.47 bits per heavy atom. The molecule has 0 fully saturated rings. The highest BCUT2D eigenvalue weighted by Gasteiger charge is 2.05. The summed E-state index contributed by atoms with van der Waals surface area (Å²) >= 11 is 0. The Hall–Kier alpha value is -2.11. The lowest BCUT2D eigenvalue weighted by atomic mass is 10.4. The molecule has 0 aromatic carbocycles. The molecule has 0 radical (unpaired) electrons. The monoisotopic (exact) mass is 266 g/mol. The highest BCUT2D eigenvalue weighted by atomic mass is 16.4. The Kier molecular flexibility index (Phi) is 6.35. The maximum atomic E-state index is 11.1. The maximum Gasteiger partial charge on any atom is 0.307 e. The van der Waals surface area contributed by atoms with Gasteiger partial charge in [-0.05, 0) is 13.0 Å². The van der Waals surface area contributed by atoms with E-state index in [2.05, 4.69) is 5.32 Å². The van der Waals surface area contributed by atoms with Crippen LogP contribution in [0.2, 0.25) is 0 Å². The summed E-state index contributed by atoms with van der Waals surface area (Å²) in [5, 5.41) is 11.4. The molecule has 1 aromatic rings. The molecule has 0 unspecified atom stereocenters. The zero-order valence-electron chi connectivity index (χ0n) is 11.1. The van der Waals surface area contributed by atoms with Crippen LogP contribution in [0.4, 0.5) is 0 Å². The fourth-order valence-electron chi connectivity index (χ4n) is 1.61. The number of allylic oxidation sites excluding steroid dienone is 1. The van der Waals surface area contributed by atoms with Crippen molar-refractivity contribution < 1.29 is 19.3 Å². The molecule has 0 aliphatic heterocycles. The molecular weight excluding hydrogens is 246 g/mol. The van der Waals surface area contributed by atoms with Crippen LogP contribution in [-0.2, 0) is 22.7 Å². The molecule has 1 heterocycles. The summed E-state index contributed by atoms with van der Waals surface area (Å²) < 4.78 is 3.82. The smallest absolute Gasteiger partial charge is 0.307 e. The number of rotatable bonds is 8. The number of carboxylic acids is 1. The van der Waals surface area contributed by atoms with Gasteiger partial charge in [0.2, 0.25) is 12.2 Å². The lowest BCUT2D eigenvalue weighted by molar-refractivity contribution is -0.696. The van der Waals surface area contributed by atoms with Crippen LogP contribution in [0.15, 0.2) is 30.9 Å². The minimum atomic E-state index is -0.799. The van der Waals surface area contributed by atoms with Crippen molar-refractivity contribution in [1.82, 2.24) is 9.88 Å². The number of carboxylic acid groups (broad SMARTS) is 1. The maximum absolute atomic E-state index is 11.1. The first kappa shape index (κ1) is 14.9. The average Bonchev–Trinajstić information content (AvgIpc) is 2.80. The van der Waals surface area contributed by atoms with Crippen molar-refractivity contribution >= 4 is 11.9 Å². The Morgan fingerprint density at radius 2 is 2.26 bits per heavy atom. The van der Waals surface area contributed by atoms with Gasteiger partial charge in [-0.25, -0.2) is 9.13 Å². The van der Waals surface area contributed by atoms with Gasteiger partial charge in [-0.1, -0.05) is 6.08 Å². The number of nitrogens with zero attached hydrogens (tertiary/aromatic N) is 2. The fraction of sp³-hybridized carbons (Fsp3) is 0.462. The molecule has 0 atom stereocenters. The summed E-state index contributed by atoms with van der Waals surface area (Å²) in [4.78, 5) is 21.6. The molecule has 0 aliphatic carbocycles. The fourth-order valence-corrected chi connectivity index (χ4v) is 1.61. The van der Waals surface area contributed by atoms with Gasteiger partial charge in [0.25, 0.3) is 0 Å². The molecule has 1 amide bonds. The van der Waals surface area contributed by atoms with E-state index in [4.69, 9.17) is 5.11 Å². The summed E-state index contributed by atoms with van der Waals surface area (Å²) in [7, 11) is 0. The van der Waals surface area contributed by atoms with Gasteiger partial charge in [0.05, 0.1) is 13.0 Å². The number of imidazole rings is 1. The van der Waals surface area contributed by atoms with Crippen LogP contribution in [0.1, 0.15) is 19.8 Å². The van der Waals surface area contributed by atoms with Crippen molar-refractivity contribution in [3.63, 3.8) is 0 Å². The molecule has 6 heteroatoms. The Morgan fingerprint density at radius 3 is 2.95 bits per heavy atom. The van der Waals surface area contributed by atoms with E-state index in [0.29, 0.717) is 13.1 Å². The molecule has 0 spiro atoms.